The van der Waals surface area contributed by atoms with Gasteiger partial charge in [-0.3, -0.25) is 15.1 Å². The quantitative estimate of drug-likeness (QED) is 0.653. The normalized spacial score (nSPS) is 26.2. The molecule has 32 heavy (non-hydrogen) atoms. The van der Waals surface area contributed by atoms with Crippen molar-refractivity contribution < 1.29 is 13.9 Å². The van der Waals surface area contributed by atoms with Crippen LogP contribution < -0.4 is 20.7 Å². The van der Waals surface area contributed by atoms with Gasteiger partial charge in [-0.15, -0.1) is 0 Å². The molecule has 1 saturated heterocycles. The van der Waals surface area contributed by atoms with Crippen LogP contribution in [0.4, 0.5) is 10.1 Å². The number of hydrogen-bond acceptors (Lipinski definition) is 6. The molecular formula is C23H35FN6O2. The third-order valence-corrected chi connectivity index (χ3v) is 6.41. The van der Waals surface area contributed by atoms with Crippen molar-refractivity contribution in [1.29, 1.82) is 0 Å². The van der Waals surface area contributed by atoms with Crippen LogP contribution in [0.5, 0.6) is 5.75 Å². The van der Waals surface area contributed by atoms with Gasteiger partial charge in [-0.05, 0) is 44.9 Å². The summed E-state index contributed by atoms with van der Waals surface area (Å²) >= 11 is 0. The Morgan fingerprint density at radius 1 is 1.25 bits per heavy atom. The summed E-state index contributed by atoms with van der Waals surface area (Å²) in [6.07, 6.45) is 8.71. The minimum Gasteiger partial charge on any atom is -0.494 e. The van der Waals surface area contributed by atoms with Crippen LogP contribution in [-0.2, 0) is 4.74 Å². The van der Waals surface area contributed by atoms with E-state index in [1.54, 1.807) is 6.07 Å². The van der Waals surface area contributed by atoms with Crippen LogP contribution in [0.1, 0.15) is 51.4 Å². The molecule has 1 aliphatic carbocycles. The Hall–Kier alpha value is -2.39. The van der Waals surface area contributed by atoms with Crippen molar-refractivity contribution in [3.05, 3.63) is 24.0 Å². The van der Waals surface area contributed by atoms with Crippen molar-refractivity contribution in [2.45, 2.75) is 69.8 Å². The van der Waals surface area contributed by atoms with Gasteiger partial charge in [0.25, 0.3) is 0 Å². The lowest BCUT2D eigenvalue weighted by Crippen LogP contribution is -2.61. The van der Waals surface area contributed by atoms with Crippen LogP contribution in [0.15, 0.2) is 28.2 Å². The first-order chi connectivity index (χ1) is 15.5. The lowest BCUT2D eigenvalue weighted by molar-refractivity contribution is 0.0699. The molecule has 4 rings (SSSR count). The lowest BCUT2D eigenvalue weighted by Gasteiger charge is -2.41. The first-order valence-corrected chi connectivity index (χ1v) is 11.7. The Kier molecular flexibility index (Phi) is 7.47. The predicted molar refractivity (Wildman–Crippen MR) is 125 cm³/mol. The topological polar surface area (TPSA) is 87.7 Å². The number of rotatable bonds is 6. The number of hydrogen-bond donors (Lipinski definition) is 2. The van der Waals surface area contributed by atoms with Crippen LogP contribution in [0.2, 0.25) is 0 Å². The molecule has 9 heteroatoms. The van der Waals surface area contributed by atoms with E-state index in [0.717, 1.165) is 32.3 Å². The zero-order valence-electron chi connectivity index (χ0n) is 19.1. The maximum Gasteiger partial charge on any atom is 0.208 e. The fourth-order valence-corrected chi connectivity index (χ4v) is 4.71. The summed E-state index contributed by atoms with van der Waals surface area (Å²) in [6.45, 7) is 1.49. The second kappa shape index (κ2) is 10.5. The molecule has 0 amide bonds. The van der Waals surface area contributed by atoms with Crippen molar-refractivity contribution in [2.24, 2.45) is 15.7 Å². The van der Waals surface area contributed by atoms with Crippen LogP contribution in [0.25, 0.3) is 0 Å². The van der Waals surface area contributed by atoms with Crippen molar-refractivity contribution in [2.75, 3.05) is 32.2 Å². The molecule has 2 unspecified atom stereocenters. The number of methoxy groups -OCH3 is 1. The van der Waals surface area contributed by atoms with Crippen LogP contribution >= 0.6 is 0 Å². The summed E-state index contributed by atoms with van der Waals surface area (Å²) in [5.74, 6) is 0.695. The Bertz CT molecular complexity index is 834. The zero-order chi connectivity index (χ0) is 22.5. The smallest absolute Gasteiger partial charge is 0.208 e. The summed E-state index contributed by atoms with van der Waals surface area (Å²) in [5.41, 5.74) is 6.83. The van der Waals surface area contributed by atoms with Crippen molar-refractivity contribution in [3.63, 3.8) is 0 Å². The number of benzene rings is 1. The maximum absolute atomic E-state index is 14.7. The van der Waals surface area contributed by atoms with E-state index in [1.165, 1.54) is 38.9 Å². The molecular weight excluding hydrogens is 411 g/mol. The molecule has 0 bridgehead atoms. The molecule has 2 aliphatic heterocycles. The Morgan fingerprint density at radius 3 is 2.69 bits per heavy atom. The average molecular weight is 447 g/mol. The summed E-state index contributed by atoms with van der Waals surface area (Å²) in [5, 5.41) is 3.15. The molecule has 0 spiro atoms. The fourth-order valence-electron chi connectivity index (χ4n) is 4.71. The van der Waals surface area contributed by atoms with Gasteiger partial charge >= 0.3 is 0 Å². The SMILES string of the molecule is COc1ccc(N2C(=NC3CCCCCC3)NC(N)=NC2N(C)CC2CCCO2)cc1F. The van der Waals surface area contributed by atoms with E-state index in [0.29, 0.717) is 24.2 Å². The highest BCUT2D eigenvalue weighted by molar-refractivity contribution is 6.08. The van der Waals surface area contributed by atoms with Gasteiger partial charge in [0.1, 0.15) is 0 Å². The van der Waals surface area contributed by atoms with E-state index in [-0.39, 0.29) is 17.9 Å². The molecule has 1 saturated carbocycles. The largest absolute Gasteiger partial charge is 0.494 e. The molecule has 0 aromatic heterocycles. The van der Waals surface area contributed by atoms with Gasteiger partial charge in [-0.25, -0.2) is 14.4 Å². The van der Waals surface area contributed by atoms with Crippen molar-refractivity contribution in [1.82, 2.24) is 10.2 Å². The number of guanidine groups is 2. The summed E-state index contributed by atoms with van der Waals surface area (Å²) < 4.78 is 25.6. The van der Waals surface area contributed by atoms with Crippen molar-refractivity contribution in [3.8, 4) is 5.75 Å². The molecule has 0 radical (unpaired) electrons. The van der Waals surface area contributed by atoms with Gasteiger partial charge in [0.15, 0.2) is 23.8 Å². The highest BCUT2D eigenvalue weighted by Crippen LogP contribution is 2.29. The fraction of sp³-hybridized carbons (Fsp3) is 0.652. The van der Waals surface area contributed by atoms with Gasteiger partial charge in [0.05, 0.1) is 24.9 Å². The number of ether oxygens (including phenoxy) is 2. The number of halogens is 1. The molecule has 8 nitrogen and oxygen atoms in total. The van der Waals surface area contributed by atoms with E-state index in [9.17, 15) is 4.39 Å². The first-order valence-electron chi connectivity index (χ1n) is 11.7. The van der Waals surface area contributed by atoms with E-state index >= 15 is 0 Å². The number of likely N-dealkylation sites (N-methyl/N-ethyl adjacent to an activating group) is 1. The number of nitrogens with zero attached hydrogens (tertiary/aromatic N) is 4. The van der Waals surface area contributed by atoms with Gasteiger partial charge in [0.2, 0.25) is 5.96 Å². The third kappa shape index (κ3) is 5.32. The van der Waals surface area contributed by atoms with Crippen LogP contribution in [-0.4, -0.2) is 62.6 Å². The summed E-state index contributed by atoms with van der Waals surface area (Å²) in [6, 6.07) is 5.14. The number of nitrogens with two attached hydrogens (primary N) is 1. The molecule has 176 valence electrons. The monoisotopic (exact) mass is 446 g/mol. The number of nitrogens with one attached hydrogen (secondary N) is 1. The standard InChI is InChI=1S/C23H35FN6O2/c1-29(15-18-10-7-13-32-18)23-28-21(25)27-22(26-16-8-5-3-4-6-9-16)30(23)17-11-12-20(31-2)19(24)14-17/h11-12,14,16,18,23H,3-10,13,15H2,1-2H3,(H3,25,26,27,28). The molecule has 2 atom stereocenters. The molecule has 3 N–H and O–H groups in total. The predicted octanol–water partition coefficient (Wildman–Crippen LogP) is 3.03. The number of anilines is 1. The lowest BCUT2D eigenvalue weighted by atomic mass is 10.1. The van der Waals surface area contributed by atoms with Crippen LogP contribution in [0, 0.1) is 5.82 Å². The molecule has 2 fully saturated rings. The van der Waals surface area contributed by atoms with E-state index in [1.807, 2.05) is 18.0 Å². The van der Waals surface area contributed by atoms with E-state index in [2.05, 4.69) is 15.2 Å². The average Bonchev–Trinajstić information content (AvgIpc) is 3.15. The first kappa shape index (κ1) is 22.8. The second-order valence-electron chi connectivity index (χ2n) is 8.85. The summed E-state index contributed by atoms with van der Waals surface area (Å²) in [4.78, 5) is 13.7. The van der Waals surface area contributed by atoms with Gasteiger partial charge in [0, 0.05) is 19.2 Å². The van der Waals surface area contributed by atoms with E-state index in [4.69, 9.17) is 20.2 Å². The Morgan fingerprint density at radius 2 is 2.03 bits per heavy atom. The van der Waals surface area contributed by atoms with Crippen LogP contribution in [0.3, 0.4) is 0 Å². The minimum absolute atomic E-state index is 0.156. The minimum atomic E-state index is -0.460. The summed E-state index contributed by atoms with van der Waals surface area (Å²) in [7, 11) is 3.45. The van der Waals surface area contributed by atoms with E-state index < -0.39 is 12.1 Å². The van der Waals surface area contributed by atoms with Crippen molar-refractivity contribution >= 4 is 17.6 Å². The highest BCUT2D eigenvalue weighted by atomic mass is 19.1. The Balaban J connectivity index is 1.68. The Labute approximate surface area is 189 Å². The molecule has 3 aliphatic rings. The molecule has 2 heterocycles. The maximum atomic E-state index is 14.7. The molecule has 1 aromatic carbocycles. The van der Waals surface area contributed by atoms with Gasteiger partial charge in [-0.2, -0.15) is 0 Å². The van der Waals surface area contributed by atoms with Gasteiger partial charge in [-0.1, -0.05) is 25.7 Å². The number of aliphatic imine (C=N–C) groups is 2. The zero-order valence-corrected chi connectivity index (χ0v) is 19.1. The second-order valence-corrected chi connectivity index (χ2v) is 8.85. The third-order valence-electron chi connectivity index (χ3n) is 6.41. The van der Waals surface area contributed by atoms with Gasteiger partial charge < -0.3 is 15.2 Å². The molecule has 1 aromatic rings. The highest BCUT2D eigenvalue weighted by Gasteiger charge is 2.34.